The van der Waals surface area contributed by atoms with Gasteiger partial charge < -0.3 is 5.32 Å². The van der Waals surface area contributed by atoms with E-state index in [0.29, 0.717) is 0 Å². The normalized spacial score (nSPS) is 29.9. The molecule has 1 fully saturated rings. The van der Waals surface area contributed by atoms with Crippen LogP contribution in [0.2, 0.25) is 0 Å². The van der Waals surface area contributed by atoms with E-state index in [1.807, 2.05) is 6.20 Å². The van der Waals surface area contributed by atoms with Crippen molar-refractivity contribution in [1.29, 1.82) is 0 Å². The molecule has 1 aromatic rings. The number of aromatic nitrogens is 1. The summed E-state index contributed by atoms with van der Waals surface area (Å²) in [6.45, 7) is 7.94. The van der Waals surface area contributed by atoms with Crippen LogP contribution in [0.3, 0.4) is 0 Å². The quantitative estimate of drug-likeness (QED) is 0.897. The SMILES string of the molecule is CC(C)(C)NCC1CCC1C1CCc2cccnc21. The Bertz CT molecular complexity index is 447. The van der Waals surface area contributed by atoms with Gasteiger partial charge in [0, 0.05) is 23.3 Å². The fourth-order valence-electron chi connectivity index (χ4n) is 3.68. The largest absolute Gasteiger partial charge is 0.312 e. The van der Waals surface area contributed by atoms with Crippen LogP contribution >= 0.6 is 0 Å². The van der Waals surface area contributed by atoms with E-state index in [0.717, 1.165) is 17.8 Å². The molecule has 0 aliphatic heterocycles. The Morgan fingerprint density at radius 1 is 1.26 bits per heavy atom. The highest BCUT2D eigenvalue weighted by atomic mass is 14.9. The van der Waals surface area contributed by atoms with Gasteiger partial charge in [-0.2, -0.15) is 0 Å². The highest BCUT2D eigenvalue weighted by molar-refractivity contribution is 5.29. The maximum absolute atomic E-state index is 4.67. The van der Waals surface area contributed by atoms with Crippen LogP contribution in [0.15, 0.2) is 18.3 Å². The lowest BCUT2D eigenvalue weighted by Gasteiger charge is -2.42. The Balaban J connectivity index is 1.65. The number of nitrogens with zero attached hydrogens (tertiary/aromatic N) is 1. The summed E-state index contributed by atoms with van der Waals surface area (Å²) in [5.41, 5.74) is 3.15. The van der Waals surface area contributed by atoms with Gasteiger partial charge in [-0.1, -0.05) is 6.07 Å². The molecule has 104 valence electrons. The number of fused-ring (bicyclic) bond motifs is 1. The molecule has 19 heavy (non-hydrogen) atoms. The first-order chi connectivity index (χ1) is 9.04. The number of rotatable bonds is 3. The van der Waals surface area contributed by atoms with Gasteiger partial charge in [-0.25, -0.2) is 0 Å². The third-order valence-electron chi connectivity index (χ3n) is 4.89. The summed E-state index contributed by atoms with van der Waals surface area (Å²) in [7, 11) is 0. The second-order valence-corrected chi connectivity index (χ2v) is 7.33. The summed E-state index contributed by atoms with van der Waals surface area (Å²) in [6, 6.07) is 4.35. The molecular weight excluding hydrogens is 232 g/mol. The Morgan fingerprint density at radius 2 is 2.11 bits per heavy atom. The van der Waals surface area contributed by atoms with E-state index in [1.165, 1.54) is 43.5 Å². The third-order valence-corrected chi connectivity index (χ3v) is 4.89. The van der Waals surface area contributed by atoms with Crippen molar-refractivity contribution in [2.24, 2.45) is 11.8 Å². The molecule has 2 heteroatoms. The van der Waals surface area contributed by atoms with Crippen molar-refractivity contribution in [3.63, 3.8) is 0 Å². The van der Waals surface area contributed by atoms with E-state index in [9.17, 15) is 0 Å². The number of aryl methyl sites for hydroxylation is 1. The van der Waals surface area contributed by atoms with Crippen molar-refractivity contribution < 1.29 is 0 Å². The maximum Gasteiger partial charge on any atom is 0.0469 e. The molecule has 2 nitrogen and oxygen atoms in total. The summed E-state index contributed by atoms with van der Waals surface area (Å²) in [5, 5.41) is 3.68. The fourth-order valence-corrected chi connectivity index (χ4v) is 3.68. The van der Waals surface area contributed by atoms with Gasteiger partial charge in [-0.05, 0) is 76.5 Å². The van der Waals surface area contributed by atoms with Crippen molar-refractivity contribution >= 4 is 0 Å². The van der Waals surface area contributed by atoms with Gasteiger partial charge in [0.1, 0.15) is 0 Å². The van der Waals surface area contributed by atoms with Crippen molar-refractivity contribution in [2.75, 3.05) is 6.54 Å². The summed E-state index contributed by atoms with van der Waals surface area (Å²) < 4.78 is 0. The second-order valence-electron chi connectivity index (χ2n) is 7.33. The minimum absolute atomic E-state index is 0.242. The number of hydrogen-bond acceptors (Lipinski definition) is 2. The van der Waals surface area contributed by atoms with Crippen molar-refractivity contribution in [3.8, 4) is 0 Å². The van der Waals surface area contributed by atoms with E-state index < -0.39 is 0 Å². The molecule has 1 N–H and O–H groups in total. The molecule has 3 unspecified atom stereocenters. The van der Waals surface area contributed by atoms with Crippen molar-refractivity contribution in [1.82, 2.24) is 10.3 Å². The molecular formula is C17H26N2. The molecule has 3 rings (SSSR count). The zero-order valence-corrected chi connectivity index (χ0v) is 12.4. The Hall–Kier alpha value is -0.890. The Labute approximate surface area is 117 Å². The number of hydrogen-bond donors (Lipinski definition) is 1. The molecule has 0 spiro atoms. The molecule has 0 radical (unpaired) electrons. The summed E-state index contributed by atoms with van der Waals surface area (Å²) in [6.07, 6.45) is 7.33. The molecule has 2 aliphatic carbocycles. The summed E-state index contributed by atoms with van der Waals surface area (Å²) >= 11 is 0. The summed E-state index contributed by atoms with van der Waals surface area (Å²) in [5.74, 6) is 2.46. The van der Waals surface area contributed by atoms with Crippen LogP contribution in [0.1, 0.15) is 57.2 Å². The molecule has 0 amide bonds. The van der Waals surface area contributed by atoms with E-state index >= 15 is 0 Å². The predicted molar refractivity (Wildman–Crippen MR) is 79.3 cm³/mol. The monoisotopic (exact) mass is 258 g/mol. The lowest BCUT2D eigenvalue weighted by Crippen LogP contribution is -2.44. The van der Waals surface area contributed by atoms with Gasteiger partial charge in [-0.15, -0.1) is 0 Å². The van der Waals surface area contributed by atoms with E-state index in [2.05, 4.69) is 43.2 Å². The standard InChI is InChI=1S/C17H26N2/c1-17(2,3)19-11-13-7-8-14(13)15-9-6-12-5-4-10-18-16(12)15/h4-5,10,13-15,19H,6-9,11H2,1-3H3. The van der Waals surface area contributed by atoms with Crippen molar-refractivity contribution in [3.05, 3.63) is 29.6 Å². The minimum Gasteiger partial charge on any atom is -0.312 e. The van der Waals surface area contributed by atoms with Crippen LogP contribution in [0, 0.1) is 11.8 Å². The lowest BCUT2D eigenvalue weighted by atomic mass is 9.66. The first-order valence-corrected chi connectivity index (χ1v) is 7.73. The number of pyridine rings is 1. The van der Waals surface area contributed by atoms with Gasteiger partial charge in [0.15, 0.2) is 0 Å². The van der Waals surface area contributed by atoms with Gasteiger partial charge in [0.25, 0.3) is 0 Å². The average molecular weight is 258 g/mol. The first kappa shape index (κ1) is 13.1. The average Bonchev–Trinajstić information content (AvgIpc) is 2.71. The van der Waals surface area contributed by atoms with Gasteiger partial charge in [0.2, 0.25) is 0 Å². The zero-order chi connectivity index (χ0) is 13.5. The maximum atomic E-state index is 4.67. The highest BCUT2D eigenvalue weighted by Crippen LogP contribution is 2.48. The predicted octanol–water partition coefficient (Wildman–Crippen LogP) is 3.53. The van der Waals surface area contributed by atoms with E-state index in [-0.39, 0.29) is 5.54 Å². The van der Waals surface area contributed by atoms with Gasteiger partial charge in [-0.3, -0.25) is 4.98 Å². The van der Waals surface area contributed by atoms with Gasteiger partial charge >= 0.3 is 0 Å². The molecule has 1 saturated carbocycles. The van der Waals surface area contributed by atoms with Crippen molar-refractivity contribution in [2.45, 2.75) is 57.9 Å². The van der Waals surface area contributed by atoms with E-state index in [4.69, 9.17) is 0 Å². The van der Waals surface area contributed by atoms with Crippen LogP contribution in [0.25, 0.3) is 0 Å². The fraction of sp³-hybridized carbons (Fsp3) is 0.706. The molecule has 0 saturated heterocycles. The summed E-state index contributed by atoms with van der Waals surface area (Å²) in [4.78, 5) is 4.67. The molecule has 0 bridgehead atoms. The molecule has 1 aromatic heterocycles. The zero-order valence-electron chi connectivity index (χ0n) is 12.4. The lowest BCUT2D eigenvalue weighted by molar-refractivity contribution is 0.128. The van der Waals surface area contributed by atoms with E-state index in [1.54, 1.807) is 0 Å². The minimum atomic E-state index is 0.242. The Kier molecular flexibility index (Phi) is 3.38. The molecule has 0 aromatic carbocycles. The topological polar surface area (TPSA) is 24.9 Å². The van der Waals surface area contributed by atoms with Crippen LogP contribution in [-0.2, 0) is 6.42 Å². The molecule has 2 aliphatic rings. The van der Waals surface area contributed by atoms with Gasteiger partial charge in [0.05, 0.1) is 0 Å². The van der Waals surface area contributed by atoms with Crippen LogP contribution in [0.5, 0.6) is 0 Å². The van der Waals surface area contributed by atoms with Crippen LogP contribution in [-0.4, -0.2) is 17.1 Å². The van der Waals surface area contributed by atoms with Crippen LogP contribution in [0.4, 0.5) is 0 Å². The highest BCUT2D eigenvalue weighted by Gasteiger charge is 2.40. The molecule has 3 atom stereocenters. The smallest absolute Gasteiger partial charge is 0.0469 e. The number of nitrogens with one attached hydrogen (secondary N) is 1. The first-order valence-electron chi connectivity index (χ1n) is 7.73. The second kappa shape index (κ2) is 4.90. The Morgan fingerprint density at radius 3 is 2.79 bits per heavy atom. The van der Waals surface area contributed by atoms with Crippen LogP contribution < -0.4 is 5.32 Å². The third kappa shape index (κ3) is 2.69. The molecule has 1 heterocycles.